The van der Waals surface area contributed by atoms with Crippen LogP contribution in [0, 0.1) is 5.92 Å². The standard InChI is InChI=1S/C22H30N2O5/c1-5-7-8-15(6-2)12-23-20(14-25)28-16-9-10-17-19(11-16)29-22(27)18(21(17)26)13-24(3)4/h9-11,14-15,26H,5-8,12-13H2,1-4H3. The molecule has 1 N–H and O–H groups in total. The van der Waals surface area contributed by atoms with Gasteiger partial charge < -0.3 is 19.2 Å². The van der Waals surface area contributed by atoms with E-state index in [1.807, 2.05) is 0 Å². The van der Waals surface area contributed by atoms with Crippen LogP contribution in [0.3, 0.4) is 0 Å². The van der Waals surface area contributed by atoms with Crippen LogP contribution in [0.4, 0.5) is 0 Å². The van der Waals surface area contributed by atoms with Crippen LogP contribution in [0.2, 0.25) is 0 Å². The molecule has 0 bridgehead atoms. The Bertz CT molecular complexity index is 917. The molecule has 1 heterocycles. The van der Waals surface area contributed by atoms with Crippen LogP contribution in [0.1, 0.15) is 45.1 Å². The van der Waals surface area contributed by atoms with Crippen molar-refractivity contribution in [2.45, 2.75) is 46.1 Å². The summed E-state index contributed by atoms with van der Waals surface area (Å²) >= 11 is 0. The number of hydrogen-bond donors (Lipinski definition) is 1. The second-order valence-electron chi connectivity index (χ2n) is 7.43. The van der Waals surface area contributed by atoms with Crippen LogP contribution < -0.4 is 10.4 Å². The molecule has 158 valence electrons. The molecule has 1 aromatic heterocycles. The van der Waals surface area contributed by atoms with Gasteiger partial charge in [0.15, 0.2) is 0 Å². The Hall–Kier alpha value is -2.67. The van der Waals surface area contributed by atoms with Gasteiger partial charge in [0.25, 0.3) is 5.90 Å². The molecule has 1 atom stereocenters. The summed E-state index contributed by atoms with van der Waals surface area (Å²) < 4.78 is 10.9. The van der Waals surface area contributed by atoms with Crippen LogP contribution in [0.15, 0.2) is 32.4 Å². The van der Waals surface area contributed by atoms with Crippen LogP contribution in [0.5, 0.6) is 11.5 Å². The number of unbranched alkanes of at least 4 members (excludes halogenated alkanes) is 1. The minimum absolute atomic E-state index is 0.0184. The van der Waals surface area contributed by atoms with Gasteiger partial charge in [-0.05, 0) is 38.6 Å². The molecule has 2 rings (SSSR count). The Morgan fingerprint density at radius 2 is 2.10 bits per heavy atom. The molecule has 0 saturated heterocycles. The average Bonchev–Trinajstić information content (AvgIpc) is 2.69. The number of carbonyl (C=O) groups is 1. The quantitative estimate of drug-likeness (QED) is 0.282. The highest BCUT2D eigenvalue weighted by Crippen LogP contribution is 2.29. The van der Waals surface area contributed by atoms with Gasteiger partial charge in [-0.3, -0.25) is 4.79 Å². The molecule has 0 spiro atoms. The van der Waals surface area contributed by atoms with Gasteiger partial charge in [0.2, 0.25) is 6.29 Å². The lowest BCUT2D eigenvalue weighted by Crippen LogP contribution is -2.18. The lowest BCUT2D eigenvalue weighted by molar-refractivity contribution is -0.103. The number of fused-ring (bicyclic) bond motifs is 1. The molecular weight excluding hydrogens is 372 g/mol. The number of carbonyl (C=O) groups excluding carboxylic acids is 1. The van der Waals surface area contributed by atoms with Crippen molar-refractivity contribution in [2.24, 2.45) is 10.9 Å². The fourth-order valence-electron chi connectivity index (χ4n) is 3.07. The van der Waals surface area contributed by atoms with Gasteiger partial charge in [-0.2, -0.15) is 0 Å². The lowest BCUT2D eigenvalue weighted by Gasteiger charge is -2.13. The van der Waals surface area contributed by atoms with Gasteiger partial charge in [0.05, 0.1) is 10.9 Å². The van der Waals surface area contributed by atoms with E-state index in [9.17, 15) is 14.7 Å². The SMILES string of the molecule is CCCCC(CC)CN=C(C=O)Oc1ccc2c(O)c(CN(C)C)c(=O)oc2c1. The maximum atomic E-state index is 12.2. The predicted octanol–water partition coefficient (Wildman–Crippen LogP) is 3.75. The Kier molecular flexibility index (Phi) is 8.39. The van der Waals surface area contributed by atoms with Crippen molar-refractivity contribution in [3.05, 3.63) is 34.2 Å². The maximum Gasteiger partial charge on any atom is 0.344 e. The summed E-state index contributed by atoms with van der Waals surface area (Å²) in [6.07, 6.45) is 4.89. The third-order valence-electron chi connectivity index (χ3n) is 4.79. The molecule has 29 heavy (non-hydrogen) atoms. The highest BCUT2D eigenvalue weighted by atomic mass is 16.5. The first-order valence-corrected chi connectivity index (χ1v) is 10.00. The summed E-state index contributed by atoms with van der Waals surface area (Å²) in [6.45, 7) is 5.05. The fourth-order valence-corrected chi connectivity index (χ4v) is 3.07. The second-order valence-corrected chi connectivity index (χ2v) is 7.43. The van der Waals surface area contributed by atoms with Crippen molar-refractivity contribution in [3.8, 4) is 11.5 Å². The van der Waals surface area contributed by atoms with Crippen molar-refractivity contribution in [1.82, 2.24) is 4.90 Å². The van der Waals surface area contributed by atoms with Crippen molar-refractivity contribution >= 4 is 23.2 Å². The number of rotatable bonds is 10. The van der Waals surface area contributed by atoms with Crippen LogP contribution in [0.25, 0.3) is 11.0 Å². The Morgan fingerprint density at radius 3 is 2.72 bits per heavy atom. The van der Waals surface area contributed by atoms with Crippen molar-refractivity contribution in [3.63, 3.8) is 0 Å². The maximum absolute atomic E-state index is 12.2. The summed E-state index contributed by atoms with van der Waals surface area (Å²) in [4.78, 5) is 29.6. The van der Waals surface area contributed by atoms with Crippen molar-refractivity contribution in [2.75, 3.05) is 20.6 Å². The zero-order valence-electron chi connectivity index (χ0n) is 17.6. The molecule has 0 radical (unpaired) electrons. The smallest absolute Gasteiger partial charge is 0.344 e. The van der Waals surface area contributed by atoms with E-state index in [1.165, 1.54) is 6.07 Å². The molecule has 7 nitrogen and oxygen atoms in total. The van der Waals surface area contributed by atoms with Crippen molar-refractivity contribution in [1.29, 1.82) is 0 Å². The third kappa shape index (κ3) is 6.15. The number of nitrogens with zero attached hydrogens (tertiary/aromatic N) is 2. The van der Waals surface area contributed by atoms with E-state index in [2.05, 4.69) is 18.8 Å². The predicted molar refractivity (Wildman–Crippen MR) is 114 cm³/mol. The number of aldehydes is 1. The summed E-state index contributed by atoms with van der Waals surface area (Å²) in [5.74, 6) is 0.598. The number of aromatic hydroxyl groups is 1. The zero-order valence-corrected chi connectivity index (χ0v) is 17.6. The van der Waals surface area contributed by atoms with E-state index in [-0.39, 0.29) is 29.3 Å². The second kappa shape index (κ2) is 10.8. The number of benzene rings is 1. The summed E-state index contributed by atoms with van der Waals surface area (Å²) in [7, 11) is 3.59. The first kappa shape index (κ1) is 22.6. The van der Waals surface area contributed by atoms with E-state index in [0.717, 1.165) is 25.7 Å². The van der Waals surface area contributed by atoms with Crippen LogP contribution in [-0.2, 0) is 11.3 Å². The van der Waals surface area contributed by atoms with E-state index in [1.54, 1.807) is 31.1 Å². The first-order valence-electron chi connectivity index (χ1n) is 10.00. The molecule has 0 aliphatic rings. The highest BCUT2D eigenvalue weighted by Gasteiger charge is 2.16. The molecule has 2 aromatic rings. The normalized spacial score (nSPS) is 13.1. The lowest BCUT2D eigenvalue weighted by atomic mass is 10.00. The first-order chi connectivity index (χ1) is 13.9. The van der Waals surface area contributed by atoms with E-state index >= 15 is 0 Å². The van der Waals surface area contributed by atoms with Crippen LogP contribution in [-0.4, -0.2) is 42.8 Å². The van der Waals surface area contributed by atoms with Gasteiger partial charge in [0, 0.05) is 19.2 Å². The number of ether oxygens (including phenoxy) is 1. The molecule has 0 aliphatic heterocycles. The molecule has 7 heteroatoms. The van der Waals surface area contributed by atoms with Gasteiger partial charge in [-0.15, -0.1) is 0 Å². The molecule has 1 unspecified atom stereocenters. The summed E-state index contributed by atoms with van der Waals surface area (Å²) in [6, 6.07) is 4.68. The molecule has 0 saturated carbocycles. The molecule has 0 fully saturated rings. The van der Waals surface area contributed by atoms with E-state index in [0.29, 0.717) is 29.9 Å². The number of aliphatic imine (C=N–C) groups is 1. The van der Waals surface area contributed by atoms with E-state index in [4.69, 9.17) is 9.15 Å². The van der Waals surface area contributed by atoms with Crippen molar-refractivity contribution < 1.29 is 19.1 Å². The average molecular weight is 402 g/mol. The minimum Gasteiger partial charge on any atom is -0.507 e. The topological polar surface area (TPSA) is 92.3 Å². The van der Waals surface area contributed by atoms with Gasteiger partial charge >= 0.3 is 5.63 Å². The van der Waals surface area contributed by atoms with E-state index < -0.39 is 5.63 Å². The summed E-state index contributed by atoms with van der Waals surface area (Å²) in [5.41, 5.74) is -0.219. The molecule has 0 aliphatic carbocycles. The molecule has 1 aromatic carbocycles. The Balaban J connectivity index is 2.23. The van der Waals surface area contributed by atoms with Gasteiger partial charge in [-0.25, -0.2) is 9.79 Å². The molecule has 0 amide bonds. The Morgan fingerprint density at radius 1 is 1.34 bits per heavy atom. The summed E-state index contributed by atoms with van der Waals surface area (Å²) in [5, 5.41) is 10.8. The monoisotopic (exact) mass is 402 g/mol. The minimum atomic E-state index is -0.605. The van der Waals surface area contributed by atoms with Crippen LogP contribution >= 0.6 is 0 Å². The van der Waals surface area contributed by atoms with Gasteiger partial charge in [-0.1, -0.05) is 33.1 Å². The largest absolute Gasteiger partial charge is 0.507 e. The zero-order chi connectivity index (χ0) is 21.4. The third-order valence-corrected chi connectivity index (χ3v) is 4.79. The number of hydrogen-bond acceptors (Lipinski definition) is 7. The fraction of sp³-hybridized carbons (Fsp3) is 0.500. The van der Waals surface area contributed by atoms with Gasteiger partial charge in [0.1, 0.15) is 17.1 Å². The molecular formula is C22H30N2O5. The highest BCUT2D eigenvalue weighted by molar-refractivity contribution is 6.24. The Labute approximate surface area is 171 Å².